The largest absolute Gasteiger partial charge is 0.543 e. The van der Waals surface area contributed by atoms with Crippen molar-refractivity contribution in [3.63, 3.8) is 0 Å². The summed E-state index contributed by atoms with van der Waals surface area (Å²) in [6, 6.07) is 16.2. The van der Waals surface area contributed by atoms with Crippen molar-refractivity contribution in [2.75, 3.05) is 4.90 Å². The van der Waals surface area contributed by atoms with E-state index in [9.17, 15) is 4.79 Å². The lowest BCUT2D eigenvalue weighted by Gasteiger charge is -2.36. The van der Waals surface area contributed by atoms with Gasteiger partial charge >= 0.3 is 0 Å². The number of hydrogen-bond acceptors (Lipinski definition) is 2. The van der Waals surface area contributed by atoms with Crippen LogP contribution in [0.5, 0.6) is 5.75 Å². The summed E-state index contributed by atoms with van der Waals surface area (Å²) in [7, 11) is -1.89. The minimum atomic E-state index is -1.89. The second-order valence-electron chi connectivity index (χ2n) is 8.30. The molecule has 0 N–H and O–H groups in total. The van der Waals surface area contributed by atoms with Crippen LogP contribution in [-0.4, -0.2) is 14.2 Å². The molecule has 0 unspecified atom stereocenters. The van der Waals surface area contributed by atoms with E-state index in [4.69, 9.17) is 4.43 Å². The molecular formula is C21H27NO2Si. The van der Waals surface area contributed by atoms with E-state index in [0.717, 1.165) is 22.6 Å². The summed E-state index contributed by atoms with van der Waals surface area (Å²) >= 11 is 0. The molecule has 25 heavy (non-hydrogen) atoms. The molecule has 1 aliphatic rings. The van der Waals surface area contributed by atoms with Gasteiger partial charge in [-0.1, -0.05) is 57.2 Å². The van der Waals surface area contributed by atoms with Crippen molar-refractivity contribution >= 4 is 19.9 Å². The standard InChI is InChI=1S/C21H27NO2Si/c1-21(2,3)25(4,5)24-18-12-11-17-13-20(23)22(19(17)14-18)15-16-9-7-6-8-10-16/h6-12,14H,13,15H2,1-5H3. The van der Waals surface area contributed by atoms with Gasteiger partial charge in [0.15, 0.2) is 0 Å². The van der Waals surface area contributed by atoms with Gasteiger partial charge in [-0.15, -0.1) is 0 Å². The normalized spacial score (nSPS) is 14.6. The number of anilines is 1. The number of carbonyl (C=O) groups excluding carboxylic acids is 1. The number of rotatable bonds is 4. The van der Waals surface area contributed by atoms with Gasteiger partial charge in [-0.2, -0.15) is 0 Å². The van der Waals surface area contributed by atoms with Crippen LogP contribution in [0.1, 0.15) is 31.9 Å². The predicted molar refractivity (Wildman–Crippen MR) is 106 cm³/mol. The number of carbonyl (C=O) groups is 1. The molecular weight excluding hydrogens is 326 g/mol. The third kappa shape index (κ3) is 3.64. The molecule has 4 heteroatoms. The SMILES string of the molecule is CC(C)(C)[Si](C)(C)Oc1ccc2c(c1)N(Cc1ccccc1)C(=O)C2. The number of amides is 1. The Morgan fingerprint density at radius 1 is 1.08 bits per heavy atom. The highest BCUT2D eigenvalue weighted by atomic mass is 28.4. The molecule has 1 amide bonds. The number of fused-ring (bicyclic) bond motifs is 1. The Kier molecular flexibility index (Phi) is 4.50. The molecule has 132 valence electrons. The van der Waals surface area contributed by atoms with Crippen molar-refractivity contribution < 1.29 is 9.22 Å². The summed E-state index contributed by atoms with van der Waals surface area (Å²) in [4.78, 5) is 14.4. The number of benzene rings is 2. The second-order valence-corrected chi connectivity index (χ2v) is 13.0. The van der Waals surface area contributed by atoms with Crippen molar-refractivity contribution in [1.82, 2.24) is 0 Å². The fourth-order valence-electron chi connectivity index (χ4n) is 2.79. The Bertz CT molecular complexity index is 778. The average Bonchev–Trinajstić information content (AvgIpc) is 2.83. The smallest absolute Gasteiger partial charge is 0.250 e. The molecule has 0 fully saturated rings. The summed E-state index contributed by atoms with van der Waals surface area (Å²) in [5, 5.41) is 0.144. The lowest BCUT2D eigenvalue weighted by Crippen LogP contribution is -2.43. The highest BCUT2D eigenvalue weighted by Crippen LogP contribution is 2.39. The maximum Gasteiger partial charge on any atom is 0.250 e. The summed E-state index contributed by atoms with van der Waals surface area (Å²) < 4.78 is 6.43. The Balaban J connectivity index is 1.87. The summed E-state index contributed by atoms with van der Waals surface area (Å²) in [5.74, 6) is 1.03. The Hall–Kier alpha value is -2.07. The van der Waals surface area contributed by atoms with Gasteiger partial charge in [-0.3, -0.25) is 4.79 Å². The molecule has 0 aromatic heterocycles. The number of hydrogen-bond donors (Lipinski definition) is 0. The third-order valence-electron chi connectivity index (χ3n) is 5.35. The van der Waals surface area contributed by atoms with Gasteiger partial charge in [-0.05, 0) is 35.3 Å². The van der Waals surface area contributed by atoms with Gasteiger partial charge in [0.25, 0.3) is 0 Å². The minimum absolute atomic E-state index is 0.144. The van der Waals surface area contributed by atoms with Gasteiger partial charge in [0, 0.05) is 6.07 Å². The van der Waals surface area contributed by atoms with E-state index in [1.165, 1.54) is 0 Å². The van der Waals surface area contributed by atoms with Crippen molar-refractivity contribution in [1.29, 1.82) is 0 Å². The molecule has 0 radical (unpaired) electrons. The maximum atomic E-state index is 12.5. The van der Waals surface area contributed by atoms with Crippen LogP contribution in [0.2, 0.25) is 18.1 Å². The lowest BCUT2D eigenvalue weighted by atomic mass is 10.1. The van der Waals surface area contributed by atoms with E-state index in [2.05, 4.69) is 46.0 Å². The molecule has 0 saturated heterocycles. The van der Waals surface area contributed by atoms with E-state index >= 15 is 0 Å². The van der Waals surface area contributed by atoms with Crippen LogP contribution in [0, 0.1) is 0 Å². The third-order valence-corrected chi connectivity index (χ3v) is 9.71. The molecule has 0 aliphatic carbocycles. The first-order chi connectivity index (χ1) is 11.7. The zero-order valence-corrected chi connectivity index (χ0v) is 16.8. The highest BCUT2D eigenvalue weighted by Gasteiger charge is 2.39. The second kappa shape index (κ2) is 6.34. The predicted octanol–water partition coefficient (Wildman–Crippen LogP) is 5.16. The van der Waals surface area contributed by atoms with E-state index in [-0.39, 0.29) is 10.9 Å². The fraction of sp³-hybridized carbons (Fsp3) is 0.381. The van der Waals surface area contributed by atoms with Gasteiger partial charge in [0.2, 0.25) is 14.2 Å². The van der Waals surface area contributed by atoms with Crippen LogP contribution in [0.4, 0.5) is 5.69 Å². The van der Waals surface area contributed by atoms with E-state index in [1.807, 2.05) is 41.3 Å². The topological polar surface area (TPSA) is 29.5 Å². The van der Waals surface area contributed by atoms with E-state index < -0.39 is 8.32 Å². The van der Waals surface area contributed by atoms with Crippen LogP contribution in [0.3, 0.4) is 0 Å². The van der Waals surface area contributed by atoms with Gasteiger partial charge in [0.1, 0.15) is 5.75 Å². The Morgan fingerprint density at radius 3 is 2.40 bits per heavy atom. The first-order valence-corrected chi connectivity index (χ1v) is 11.7. The van der Waals surface area contributed by atoms with Gasteiger partial charge < -0.3 is 9.33 Å². The van der Waals surface area contributed by atoms with Crippen LogP contribution in [0.15, 0.2) is 48.5 Å². The minimum Gasteiger partial charge on any atom is -0.543 e. The summed E-state index contributed by atoms with van der Waals surface area (Å²) in [6.07, 6.45) is 0.475. The Labute approximate surface area is 151 Å². The molecule has 3 rings (SSSR count). The van der Waals surface area contributed by atoms with Gasteiger partial charge in [0.05, 0.1) is 18.7 Å². The Morgan fingerprint density at radius 2 is 1.76 bits per heavy atom. The van der Waals surface area contributed by atoms with Crippen molar-refractivity contribution in [3.8, 4) is 5.75 Å². The van der Waals surface area contributed by atoms with Crippen molar-refractivity contribution in [3.05, 3.63) is 59.7 Å². The number of nitrogens with zero attached hydrogens (tertiary/aromatic N) is 1. The first kappa shape index (κ1) is 17.7. The molecule has 0 spiro atoms. The quantitative estimate of drug-likeness (QED) is 0.711. The van der Waals surface area contributed by atoms with Crippen molar-refractivity contribution in [2.24, 2.45) is 0 Å². The first-order valence-electron chi connectivity index (χ1n) is 8.84. The lowest BCUT2D eigenvalue weighted by molar-refractivity contribution is -0.117. The molecule has 2 aromatic carbocycles. The monoisotopic (exact) mass is 353 g/mol. The summed E-state index contributed by atoms with van der Waals surface area (Å²) in [6.45, 7) is 11.8. The van der Waals surface area contributed by atoms with Gasteiger partial charge in [-0.25, -0.2) is 0 Å². The maximum absolute atomic E-state index is 12.5. The fourth-order valence-corrected chi connectivity index (χ4v) is 3.81. The van der Waals surface area contributed by atoms with Crippen molar-refractivity contribution in [2.45, 2.75) is 51.9 Å². The zero-order valence-electron chi connectivity index (χ0n) is 15.8. The molecule has 2 aromatic rings. The highest BCUT2D eigenvalue weighted by molar-refractivity contribution is 6.74. The van der Waals surface area contributed by atoms with Crippen LogP contribution < -0.4 is 9.33 Å². The van der Waals surface area contributed by atoms with Crippen LogP contribution in [0.25, 0.3) is 0 Å². The average molecular weight is 354 g/mol. The molecule has 0 atom stereocenters. The van der Waals surface area contributed by atoms with E-state index in [1.54, 1.807) is 0 Å². The molecule has 0 bridgehead atoms. The molecule has 3 nitrogen and oxygen atoms in total. The van der Waals surface area contributed by atoms with E-state index in [0.29, 0.717) is 13.0 Å². The summed E-state index contributed by atoms with van der Waals surface area (Å²) in [5.41, 5.74) is 3.22. The zero-order chi connectivity index (χ0) is 18.2. The molecule has 0 saturated carbocycles. The van der Waals surface area contributed by atoms with Crippen LogP contribution >= 0.6 is 0 Å². The molecule has 1 aliphatic heterocycles. The molecule has 1 heterocycles. The van der Waals surface area contributed by atoms with Crippen LogP contribution in [-0.2, 0) is 17.8 Å².